The van der Waals surface area contributed by atoms with Crippen LogP contribution in [-0.2, 0) is 0 Å². The number of piperazine rings is 1. The topological polar surface area (TPSA) is 72.2 Å². The van der Waals surface area contributed by atoms with Gasteiger partial charge in [-0.2, -0.15) is 0 Å². The zero-order valence-electron chi connectivity index (χ0n) is 18.8. The molecule has 172 valence electrons. The van der Waals surface area contributed by atoms with Crippen LogP contribution in [0.5, 0.6) is 11.5 Å². The van der Waals surface area contributed by atoms with Gasteiger partial charge in [-0.1, -0.05) is 15.9 Å². The largest absolute Gasteiger partial charge is 0.493 e. The second kappa shape index (κ2) is 9.24. The second-order valence-corrected chi connectivity index (χ2v) is 9.30. The summed E-state index contributed by atoms with van der Waals surface area (Å²) in [5.74, 6) is 1.24. The van der Waals surface area contributed by atoms with E-state index < -0.39 is 0 Å². The van der Waals surface area contributed by atoms with Gasteiger partial charge in [0.2, 0.25) is 0 Å². The first-order chi connectivity index (χ1) is 16.0. The van der Waals surface area contributed by atoms with Gasteiger partial charge in [0.15, 0.2) is 17.1 Å². The molecule has 0 spiro atoms. The smallest absolute Gasteiger partial charge is 0.267 e. The molecule has 1 aliphatic heterocycles. The molecule has 0 atom stereocenters. The zero-order valence-corrected chi connectivity index (χ0v) is 20.3. The van der Waals surface area contributed by atoms with Crippen LogP contribution in [0.2, 0.25) is 0 Å². The lowest BCUT2D eigenvalue weighted by Gasteiger charge is -2.32. The van der Waals surface area contributed by atoms with Crippen LogP contribution < -0.4 is 15.0 Å². The summed E-state index contributed by atoms with van der Waals surface area (Å²) in [5.41, 5.74) is 1.72. The first-order valence-corrected chi connectivity index (χ1v) is 11.8. The lowest BCUT2D eigenvalue weighted by atomic mass is 10.2. The van der Waals surface area contributed by atoms with Crippen LogP contribution >= 0.6 is 15.9 Å². The average molecular weight is 512 g/mol. The van der Waals surface area contributed by atoms with Crippen molar-refractivity contribution >= 4 is 43.4 Å². The molecule has 0 radical (unpaired) electrons. The Kier molecular flexibility index (Phi) is 6.18. The van der Waals surface area contributed by atoms with Gasteiger partial charge in [-0.15, -0.1) is 0 Å². The number of hydrogen-bond donors (Lipinski definition) is 0. The number of halogens is 1. The number of benzene rings is 2. The SMILES string of the molecule is COc1cc2ncn3c(=O)c4cc(Br)ccc4nc3c2cc1OCCCN1CCN(C)CC1. The van der Waals surface area contributed by atoms with E-state index >= 15 is 0 Å². The van der Waals surface area contributed by atoms with Crippen molar-refractivity contribution in [1.29, 1.82) is 0 Å². The molecular formula is C24H26BrN5O3. The molecule has 9 heteroatoms. The Labute approximate surface area is 199 Å². The lowest BCUT2D eigenvalue weighted by Crippen LogP contribution is -2.44. The molecule has 1 aliphatic rings. The molecule has 0 unspecified atom stereocenters. The van der Waals surface area contributed by atoms with Gasteiger partial charge in [0.05, 0.1) is 30.1 Å². The van der Waals surface area contributed by atoms with Gasteiger partial charge in [0, 0.05) is 48.6 Å². The first-order valence-electron chi connectivity index (χ1n) is 11.1. The molecule has 2 aromatic heterocycles. The number of rotatable bonds is 6. The average Bonchev–Trinajstić information content (AvgIpc) is 2.83. The Hall–Kier alpha value is -2.75. The maximum atomic E-state index is 13.1. The summed E-state index contributed by atoms with van der Waals surface area (Å²) in [6, 6.07) is 9.22. The molecule has 1 saturated heterocycles. The van der Waals surface area contributed by atoms with E-state index in [1.54, 1.807) is 13.2 Å². The highest BCUT2D eigenvalue weighted by molar-refractivity contribution is 9.10. The lowest BCUT2D eigenvalue weighted by molar-refractivity contribution is 0.145. The molecule has 5 rings (SSSR count). The third-order valence-electron chi connectivity index (χ3n) is 6.17. The number of methoxy groups -OCH3 is 1. The van der Waals surface area contributed by atoms with Crippen molar-refractivity contribution in [2.75, 3.05) is 53.5 Å². The summed E-state index contributed by atoms with van der Waals surface area (Å²) in [4.78, 5) is 27.1. The molecule has 3 heterocycles. The highest BCUT2D eigenvalue weighted by atomic mass is 79.9. The Morgan fingerprint density at radius 3 is 2.64 bits per heavy atom. The van der Waals surface area contributed by atoms with Crippen molar-refractivity contribution in [3.63, 3.8) is 0 Å². The normalized spacial score (nSPS) is 15.5. The van der Waals surface area contributed by atoms with Crippen LogP contribution in [0.1, 0.15) is 6.42 Å². The van der Waals surface area contributed by atoms with E-state index in [0.717, 1.165) is 49.0 Å². The Morgan fingerprint density at radius 1 is 1.03 bits per heavy atom. The second-order valence-electron chi connectivity index (χ2n) is 8.38. The minimum atomic E-state index is -0.156. The van der Waals surface area contributed by atoms with E-state index in [-0.39, 0.29) is 5.56 Å². The molecule has 33 heavy (non-hydrogen) atoms. The number of fused-ring (bicyclic) bond motifs is 4. The first kappa shape index (κ1) is 22.1. The van der Waals surface area contributed by atoms with Crippen molar-refractivity contribution in [2.24, 2.45) is 0 Å². The van der Waals surface area contributed by atoms with Crippen LogP contribution in [0.4, 0.5) is 0 Å². The van der Waals surface area contributed by atoms with Gasteiger partial charge in [-0.25, -0.2) is 14.4 Å². The molecule has 1 fully saturated rings. The monoisotopic (exact) mass is 511 g/mol. The van der Waals surface area contributed by atoms with Gasteiger partial charge >= 0.3 is 0 Å². The van der Waals surface area contributed by atoms with Gasteiger partial charge in [-0.05, 0) is 37.7 Å². The fourth-order valence-corrected chi connectivity index (χ4v) is 4.60. The van der Waals surface area contributed by atoms with E-state index in [1.165, 1.54) is 10.7 Å². The highest BCUT2D eigenvalue weighted by Crippen LogP contribution is 2.33. The number of likely N-dealkylation sites (N-methyl/N-ethyl adjacent to an activating group) is 1. The molecule has 4 aromatic rings. The molecule has 0 N–H and O–H groups in total. The van der Waals surface area contributed by atoms with Crippen molar-refractivity contribution < 1.29 is 9.47 Å². The molecule has 0 aliphatic carbocycles. The highest BCUT2D eigenvalue weighted by Gasteiger charge is 2.15. The minimum absolute atomic E-state index is 0.156. The summed E-state index contributed by atoms with van der Waals surface area (Å²) < 4.78 is 14.0. The van der Waals surface area contributed by atoms with Gasteiger partial charge in [0.25, 0.3) is 5.56 Å². The summed E-state index contributed by atoms with van der Waals surface area (Å²) in [5, 5.41) is 1.28. The number of hydrogen-bond acceptors (Lipinski definition) is 7. The van der Waals surface area contributed by atoms with Crippen molar-refractivity contribution in [1.82, 2.24) is 24.2 Å². The predicted molar refractivity (Wildman–Crippen MR) is 133 cm³/mol. The van der Waals surface area contributed by atoms with Crippen LogP contribution in [0.3, 0.4) is 0 Å². The maximum absolute atomic E-state index is 13.1. The third-order valence-corrected chi connectivity index (χ3v) is 6.66. The van der Waals surface area contributed by atoms with E-state index in [9.17, 15) is 4.79 Å². The fourth-order valence-electron chi connectivity index (χ4n) is 4.24. The third kappa shape index (κ3) is 4.40. The fraction of sp³-hybridized carbons (Fsp3) is 0.375. The number of ether oxygens (including phenoxy) is 2. The number of aromatic nitrogens is 3. The summed E-state index contributed by atoms with van der Waals surface area (Å²) in [6.07, 6.45) is 2.44. The van der Waals surface area contributed by atoms with E-state index in [0.29, 0.717) is 40.2 Å². The van der Waals surface area contributed by atoms with E-state index in [1.807, 2.05) is 24.3 Å². The minimum Gasteiger partial charge on any atom is -0.493 e. The summed E-state index contributed by atoms with van der Waals surface area (Å²) >= 11 is 3.43. The molecule has 8 nitrogen and oxygen atoms in total. The summed E-state index contributed by atoms with van der Waals surface area (Å²) in [6.45, 7) is 6.00. The molecule has 0 saturated carbocycles. The molecular weight excluding hydrogens is 486 g/mol. The van der Waals surface area contributed by atoms with E-state index in [2.05, 4.69) is 37.8 Å². The quantitative estimate of drug-likeness (QED) is 0.223. The Bertz CT molecular complexity index is 1380. The van der Waals surface area contributed by atoms with Crippen molar-refractivity contribution in [3.05, 3.63) is 51.5 Å². The zero-order chi connectivity index (χ0) is 22.9. The van der Waals surface area contributed by atoms with Crippen molar-refractivity contribution in [2.45, 2.75) is 6.42 Å². The van der Waals surface area contributed by atoms with Crippen LogP contribution in [0.25, 0.3) is 27.5 Å². The summed E-state index contributed by atoms with van der Waals surface area (Å²) in [7, 11) is 3.78. The standard InChI is InChI=1S/C24H26BrN5O3/c1-28-7-9-29(10-8-28)6-3-11-33-22-13-17-20(14-21(22)32-2)26-15-30-23(17)27-19-5-4-16(25)12-18(19)24(30)31/h4-5,12-15H,3,6-11H2,1-2H3. The molecule has 0 bridgehead atoms. The van der Waals surface area contributed by atoms with E-state index in [4.69, 9.17) is 14.5 Å². The van der Waals surface area contributed by atoms with Gasteiger partial charge in [0.1, 0.15) is 6.33 Å². The van der Waals surface area contributed by atoms with Gasteiger partial charge in [-0.3, -0.25) is 4.79 Å². The van der Waals surface area contributed by atoms with Crippen LogP contribution in [0.15, 0.2) is 45.9 Å². The Balaban J connectivity index is 1.45. The van der Waals surface area contributed by atoms with Crippen LogP contribution in [-0.4, -0.2) is 77.7 Å². The van der Waals surface area contributed by atoms with Crippen molar-refractivity contribution in [3.8, 4) is 11.5 Å². The Morgan fingerprint density at radius 2 is 1.85 bits per heavy atom. The van der Waals surface area contributed by atoms with Crippen LogP contribution in [0, 0.1) is 0 Å². The maximum Gasteiger partial charge on any atom is 0.267 e. The number of nitrogens with zero attached hydrogens (tertiary/aromatic N) is 5. The predicted octanol–water partition coefficient (Wildman–Crippen LogP) is 3.18. The molecule has 0 amide bonds. The molecule has 2 aromatic carbocycles. The van der Waals surface area contributed by atoms with Gasteiger partial charge < -0.3 is 19.3 Å².